The molecule has 2 fully saturated rings. The maximum atomic E-state index is 3.77. The van der Waals surface area contributed by atoms with E-state index in [-0.39, 0.29) is 5.41 Å². The first-order chi connectivity index (χ1) is 10.2. The fraction of sp³-hybridized carbons (Fsp3) is 0.667. The Labute approximate surface area is 133 Å². The minimum absolute atomic E-state index is 0.208. The first kappa shape index (κ1) is 15.4. The third-order valence-corrected chi connectivity index (χ3v) is 6.08. The van der Waals surface area contributed by atoms with E-state index in [2.05, 4.69) is 66.2 Å². The van der Waals surface area contributed by atoms with E-state index in [0.29, 0.717) is 6.04 Å². The Morgan fingerprint density at radius 3 is 2.71 bits per heavy atom. The number of hydrogen-bond donors (Lipinski definition) is 1. The summed E-state index contributed by atoms with van der Waals surface area (Å²) in [4.78, 5) is 2.69. The van der Waals surface area contributed by atoms with Crippen molar-refractivity contribution in [1.29, 1.82) is 0 Å². The standard InChI is InChI=1S/C18H28N2S/c1-15-12-21-11-10-20(15)14-18(2,13-19-17-8-9-17)16-6-4-3-5-7-16/h3-7,15,17,19H,8-14H2,1-2H3. The number of rotatable bonds is 6. The molecule has 2 atom stereocenters. The van der Waals surface area contributed by atoms with Gasteiger partial charge in [-0.2, -0.15) is 11.8 Å². The molecule has 1 aromatic carbocycles. The Morgan fingerprint density at radius 2 is 2.05 bits per heavy atom. The average molecular weight is 305 g/mol. The normalized spacial score (nSPS) is 26.5. The first-order valence-corrected chi connectivity index (χ1v) is 9.43. The molecule has 21 heavy (non-hydrogen) atoms. The molecule has 2 aliphatic rings. The summed E-state index contributed by atoms with van der Waals surface area (Å²) >= 11 is 2.10. The van der Waals surface area contributed by atoms with Gasteiger partial charge in [-0.3, -0.25) is 4.90 Å². The van der Waals surface area contributed by atoms with Crippen molar-refractivity contribution in [1.82, 2.24) is 10.2 Å². The van der Waals surface area contributed by atoms with Gasteiger partial charge in [-0.15, -0.1) is 0 Å². The van der Waals surface area contributed by atoms with Gasteiger partial charge in [0.25, 0.3) is 0 Å². The van der Waals surface area contributed by atoms with Crippen molar-refractivity contribution < 1.29 is 0 Å². The maximum absolute atomic E-state index is 3.77. The number of nitrogens with one attached hydrogen (secondary N) is 1. The molecular formula is C18H28N2S. The highest BCUT2D eigenvalue weighted by molar-refractivity contribution is 7.99. The van der Waals surface area contributed by atoms with Gasteiger partial charge >= 0.3 is 0 Å². The highest BCUT2D eigenvalue weighted by atomic mass is 32.2. The number of thioether (sulfide) groups is 1. The summed E-state index contributed by atoms with van der Waals surface area (Å²) in [6.45, 7) is 8.31. The van der Waals surface area contributed by atoms with Crippen LogP contribution in [-0.2, 0) is 5.41 Å². The second-order valence-electron chi connectivity index (χ2n) is 6.98. The minimum Gasteiger partial charge on any atom is -0.313 e. The van der Waals surface area contributed by atoms with E-state index in [0.717, 1.165) is 12.6 Å². The van der Waals surface area contributed by atoms with Gasteiger partial charge in [0.1, 0.15) is 0 Å². The van der Waals surface area contributed by atoms with Crippen LogP contribution in [0.3, 0.4) is 0 Å². The Morgan fingerprint density at radius 1 is 1.29 bits per heavy atom. The van der Waals surface area contributed by atoms with Crippen molar-refractivity contribution in [3.8, 4) is 0 Å². The predicted octanol–water partition coefficient (Wildman–Crippen LogP) is 3.13. The third kappa shape index (κ3) is 4.02. The zero-order chi connectivity index (χ0) is 14.7. The van der Waals surface area contributed by atoms with Gasteiger partial charge in [0.15, 0.2) is 0 Å². The molecule has 1 saturated heterocycles. The lowest BCUT2D eigenvalue weighted by Gasteiger charge is -2.41. The Balaban J connectivity index is 1.73. The predicted molar refractivity (Wildman–Crippen MR) is 93.2 cm³/mol. The maximum Gasteiger partial charge on any atom is 0.0177 e. The topological polar surface area (TPSA) is 15.3 Å². The second-order valence-corrected chi connectivity index (χ2v) is 8.13. The van der Waals surface area contributed by atoms with E-state index >= 15 is 0 Å². The summed E-state index contributed by atoms with van der Waals surface area (Å²) in [6.07, 6.45) is 2.73. The van der Waals surface area contributed by atoms with Gasteiger partial charge < -0.3 is 5.32 Å². The van der Waals surface area contributed by atoms with E-state index < -0.39 is 0 Å². The van der Waals surface area contributed by atoms with Crippen LogP contribution >= 0.6 is 11.8 Å². The van der Waals surface area contributed by atoms with Crippen molar-refractivity contribution in [2.24, 2.45) is 0 Å². The van der Waals surface area contributed by atoms with Gasteiger partial charge in [0.2, 0.25) is 0 Å². The zero-order valence-electron chi connectivity index (χ0n) is 13.3. The lowest BCUT2D eigenvalue weighted by molar-refractivity contribution is 0.179. The van der Waals surface area contributed by atoms with Crippen LogP contribution in [-0.4, -0.2) is 48.1 Å². The summed E-state index contributed by atoms with van der Waals surface area (Å²) in [5, 5.41) is 3.77. The quantitative estimate of drug-likeness (QED) is 0.869. The van der Waals surface area contributed by atoms with Crippen molar-refractivity contribution >= 4 is 11.8 Å². The SMILES string of the molecule is CC1CSCCN1CC(C)(CNC1CC1)c1ccccc1. The zero-order valence-corrected chi connectivity index (χ0v) is 14.2. The van der Waals surface area contributed by atoms with E-state index in [9.17, 15) is 0 Å². The number of nitrogens with zero attached hydrogens (tertiary/aromatic N) is 1. The fourth-order valence-electron chi connectivity index (χ4n) is 3.19. The van der Waals surface area contributed by atoms with Crippen molar-refractivity contribution in [2.45, 2.75) is 44.2 Å². The van der Waals surface area contributed by atoms with Crippen LogP contribution in [0.2, 0.25) is 0 Å². The first-order valence-electron chi connectivity index (χ1n) is 8.28. The molecular weight excluding hydrogens is 276 g/mol. The minimum atomic E-state index is 0.208. The summed E-state index contributed by atoms with van der Waals surface area (Å²) < 4.78 is 0. The average Bonchev–Trinajstić information content (AvgIpc) is 3.33. The molecule has 1 saturated carbocycles. The van der Waals surface area contributed by atoms with Gasteiger partial charge in [-0.05, 0) is 25.3 Å². The Kier molecular flexibility index (Phi) is 4.92. The lowest BCUT2D eigenvalue weighted by atomic mass is 9.81. The van der Waals surface area contributed by atoms with E-state index in [1.807, 2.05) is 0 Å². The molecule has 1 aliphatic carbocycles. The van der Waals surface area contributed by atoms with Crippen LogP contribution in [0.5, 0.6) is 0 Å². The molecule has 2 unspecified atom stereocenters. The van der Waals surface area contributed by atoms with Crippen molar-refractivity contribution in [3.05, 3.63) is 35.9 Å². The summed E-state index contributed by atoms with van der Waals surface area (Å²) in [5.74, 6) is 2.56. The molecule has 0 spiro atoms. The van der Waals surface area contributed by atoms with Crippen LogP contribution in [0.15, 0.2) is 30.3 Å². The molecule has 116 valence electrons. The monoisotopic (exact) mass is 304 g/mol. The largest absolute Gasteiger partial charge is 0.313 e. The number of benzene rings is 1. The molecule has 0 radical (unpaired) electrons. The summed E-state index contributed by atoms with van der Waals surface area (Å²) in [7, 11) is 0. The Bertz CT molecular complexity index is 446. The summed E-state index contributed by atoms with van der Waals surface area (Å²) in [5.41, 5.74) is 1.68. The van der Waals surface area contributed by atoms with Crippen LogP contribution in [0.1, 0.15) is 32.3 Å². The van der Waals surface area contributed by atoms with E-state index in [1.54, 1.807) is 0 Å². The smallest absolute Gasteiger partial charge is 0.0177 e. The molecule has 2 nitrogen and oxygen atoms in total. The van der Waals surface area contributed by atoms with Crippen LogP contribution in [0.4, 0.5) is 0 Å². The van der Waals surface area contributed by atoms with Crippen LogP contribution in [0, 0.1) is 0 Å². The van der Waals surface area contributed by atoms with Crippen molar-refractivity contribution in [2.75, 3.05) is 31.1 Å². The summed E-state index contributed by atoms with van der Waals surface area (Å²) in [6, 6.07) is 12.6. The molecule has 0 amide bonds. The molecule has 1 aliphatic heterocycles. The highest BCUT2D eigenvalue weighted by Gasteiger charge is 2.33. The van der Waals surface area contributed by atoms with Crippen LogP contribution < -0.4 is 5.32 Å². The molecule has 0 aromatic heterocycles. The second kappa shape index (κ2) is 6.72. The number of hydrogen-bond acceptors (Lipinski definition) is 3. The van der Waals surface area contributed by atoms with Gasteiger partial charge in [-0.25, -0.2) is 0 Å². The third-order valence-electron chi connectivity index (χ3n) is 4.89. The lowest BCUT2D eigenvalue weighted by Crippen LogP contribution is -2.51. The molecule has 3 rings (SSSR count). The van der Waals surface area contributed by atoms with Gasteiger partial charge in [0, 0.05) is 48.6 Å². The van der Waals surface area contributed by atoms with Crippen molar-refractivity contribution in [3.63, 3.8) is 0 Å². The molecule has 3 heteroatoms. The van der Waals surface area contributed by atoms with Gasteiger partial charge in [0.05, 0.1) is 0 Å². The highest BCUT2D eigenvalue weighted by Crippen LogP contribution is 2.29. The van der Waals surface area contributed by atoms with E-state index in [1.165, 1.54) is 43.0 Å². The van der Waals surface area contributed by atoms with E-state index in [4.69, 9.17) is 0 Å². The van der Waals surface area contributed by atoms with Crippen LogP contribution in [0.25, 0.3) is 0 Å². The van der Waals surface area contributed by atoms with Gasteiger partial charge in [-0.1, -0.05) is 37.3 Å². The Hall–Kier alpha value is -0.510. The molecule has 1 aromatic rings. The molecule has 0 bridgehead atoms. The molecule has 1 N–H and O–H groups in total. The molecule has 1 heterocycles. The fourth-order valence-corrected chi connectivity index (χ4v) is 4.27.